The minimum Gasteiger partial charge on any atom is -0.462 e. The second-order valence-corrected chi connectivity index (χ2v) is 9.58. The summed E-state index contributed by atoms with van der Waals surface area (Å²) in [5.41, 5.74) is 0. The van der Waals surface area contributed by atoms with E-state index in [4.69, 9.17) is 19.3 Å². The van der Waals surface area contributed by atoms with Gasteiger partial charge in [0.05, 0.1) is 18.8 Å². The third kappa shape index (κ3) is 22.6. The van der Waals surface area contributed by atoms with Gasteiger partial charge in [0, 0.05) is 13.3 Å². The van der Waals surface area contributed by atoms with Gasteiger partial charge in [-0.1, -0.05) is 56.2 Å². The highest BCUT2D eigenvalue weighted by Gasteiger charge is 2.22. The van der Waals surface area contributed by atoms with Crippen LogP contribution in [0.3, 0.4) is 0 Å². The number of phosphoric acid groups is 1. The zero-order valence-electron chi connectivity index (χ0n) is 21.4. The van der Waals surface area contributed by atoms with E-state index in [1.54, 1.807) is 0 Å². The molecule has 4 N–H and O–H groups in total. The van der Waals surface area contributed by atoms with E-state index in [0.29, 0.717) is 6.42 Å². The highest BCUT2D eigenvalue weighted by atomic mass is 31.2. The number of unbranched alkanes of at least 4 members (excludes halogenated alkanes) is 3. The van der Waals surface area contributed by atoms with Gasteiger partial charge in [0.1, 0.15) is 6.61 Å². The Hall–Kier alpha value is -1.81. The fourth-order valence-electron chi connectivity index (χ4n) is 3.00. The Labute approximate surface area is 214 Å². The third-order valence-corrected chi connectivity index (χ3v) is 5.40. The predicted molar refractivity (Wildman–Crippen MR) is 136 cm³/mol. The average Bonchev–Trinajstić information content (AvgIpc) is 2.80. The van der Waals surface area contributed by atoms with Crippen LogP contribution in [0.2, 0.25) is 0 Å². The van der Waals surface area contributed by atoms with Crippen molar-refractivity contribution in [3.8, 4) is 0 Å². The molecule has 0 fully saturated rings. The number of carbonyl (C=O) groups excluding carboxylic acids is 2. The van der Waals surface area contributed by atoms with Gasteiger partial charge in [0.15, 0.2) is 6.10 Å². The second kappa shape index (κ2) is 21.3. The summed E-state index contributed by atoms with van der Waals surface area (Å²) in [5.74, 6) is -1.37. The van der Waals surface area contributed by atoms with Crippen molar-refractivity contribution < 1.29 is 48.2 Å². The first-order valence-electron chi connectivity index (χ1n) is 12.4. The summed E-state index contributed by atoms with van der Waals surface area (Å²) in [4.78, 5) is 40.4. The van der Waals surface area contributed by atoms with Crippen molar-refractivity contribution in [2.24, 2.45) is 0 Å². The zero-order valence-corrected chi connectivity index (χ0v) is 22.3. The van der Waals surface area contributed by atoms with Crippen LogP contribution in [0, 0.1) is 0 Å². The maximum atomic E-state index is 11.9. The molecule has 208 valence electrons. The van der Waals surface area contributed by atoms with Crippen LogP contribution < -0.4 is 0 Å². The summed E-state index contributed by atoms with van der Waals surface area (Å²) in [7, 11) is -4.77. The quantitative estimate of drug-likeness (QED) is 0.0736. The normalized spacial score (nSPS) is 14.9. The molecule has 0 spiro atoms. The van der Waals surface area contributed by atoms with E-state index in [9.17, 15) is 24.4 Å². The summed E-state index contributed by atoms with van der Waals surface area (Å²) in [5, 5.41) is 20.1. The molecule has 0 radical (unpaired) electrons. The molecule has 0 amide bonds. The number of hydrogen-bond donors (Lipinski definition) is 4. The van der Waals surface area contributed by atoms with Gasteiger partial charge in [0.25, 0.3) is 0 Å². The standard InChI is InChI=1S/C25H43O10P/c1-3-4-5-6-7-8-9-10-11-12-13-14-16-23(27)24(28)17-15-18-25(29)33-19-22(35-21(2)26)20-34-36(30,31)32/h7-8,10-11,13-14,22-24,27-28H,3-6,9,12,15-20H2,1-2H3,(H2,30,31,32)/b8-7-,11-10-,14-13-/t22-,23?,24?/m1/s1. The van der Waals surface area contributed by atoms with Crippen LogP contribution in [0.25, 0.3) is 0 Å². The predicted octanol–water partition coefficient (Wildman–Crippen LogP) is 3.88. The molecule has 36 heavy (non-hydrogen) atoms. The van der Waals surface area contributed by atoms with Gasteiger partial charge in [-0.15, -0.1) is 0 Å². The molecule has 0 rings (SSSR count). The average molecular weight is 535 g/mol. The monoisotopic (exact) mass is 534 g/mol. The van der Waals surface area contributed by atoms with Crippen molar-refractivity contribution in [3.63, 3.8) is 0 Å². The molecule has 0 bridgehead atoms. The lowest BCUT2D eigenvalue weighted by molar-refractivity contribution is -0.159. The van der Waals surface area contributed by atoms with Crippen LogP contribution in [0.1, 0.15) is 78.1 Å². The van der Waals surface area contributed by atoms with Gasteiger partial charge in [-0.3, -0.25) is 14.1 Å². The SMILES string of the molecule is CCCCC/C=C\C/C=C\C/C=C\CC(O)C(O)CCCC(=O)OC[C@H](COP(=O)(O)O)OC(C)=O. The third-order valence-electron chi connectivity index (χ3n) is 4.91. The van der Waals surface area contributed by atoms with E-state index in [-0.39, 0.29) is 19.3 Å². The van der Waals surface area contributed by atoms with Crippen LogP contribution in [0.4, 0.5) is 0 Å². The summed E-state index contributed by atoms with van der Waals surface area (Å²) >= 11 is 0. The fourth-order valence-corrected chi connectivity index (χ4v) is 3.36. The van der Waals surface area contributed by atoms with Crippen molar-refractivity contribution in [1.29, 1.82) is 0 Å². The Kier molecular flexibility index (Phi) is 20.2. The van der Waals surface area contributed by atoms with Crippen molar-refractivity contribution in [3.05, 3.63) is 36.5 Å². The van der Waals surface area contributed by atoms with E-state index < -0.39 is 51.3 Å². The fraction of sp³-hybridized carbons (Fsp3) is 0.680. The lowest BCUT2D eigenvalue weighted by atomic mass is 10.0. The number of esters is 2. The Morgan fingerprint density at radius 1 is 0.889 bits per heavy atom. The molecule has 0 aromatic carbocycles. The van der Waals surface area contributed by atoms with E-state index in [1.165, 1.54) is 19.3 Å². The van der Waals surface area contributed by atoms with Gasteiger partial charge >= 0.3 is 19.8 Å². The van der Waals surface area contributed by atoms with Crippen molar-refractivity contribution >= 4 is 19.8 Å². The topological polar surface area (TPSA) is 160 Å². The molecular weight excluding hydrogens is 491 g/mol. The molecule has 0 saturated heterocycles. The lowest BCUT2D eigenvalue weighted by Crippen LogP contribution is -2.29. The Morgan fingerprint density at radius 2 is 1.53 bits per heavy atom. The van der Waals surface area contributed by atoms with E-state index in [1.807, 2.05) is 18.2 Å². The molecule has 2 unspecified atom stereocenters. The molecular formula is C25H43O10P. The molecule has 10 nitrogen and oxygen atoms in total. The van der Waals surface area contributed by atoms with Gasteiger partial charge in [0.2, 0.25) is 0 Å². The molecule has 0 aliphatic carbocycles. The van der Waals surface area contributed by atoms with E-state index >= 15 is 0 Å². The zero-order chi connectivity index (χ0) is 27.2. The van der Waals surface area contributed by atoms with Crippen molar-refractivity contribution in [2.45, 2.75) is 96.4 Å². The second-order valence-electron chi connectivity index (χ2n) is 8.34. The minimum atomic E-state index is -4.77. The number of hydrogen-bond acceptors (Lipinski definition) is 8. The van der Waals surface area contributed by atoms with Crippen LogP contribution in [-0.4, -0.2) is 63.5 Å². The maximum absolute atomic E-state index is 11.9. The molecule has 0 aliphatic heterocycles. The molecule has 0 heterocycles. The molecule has 0 aromatic heterocycles. The Bertz CT molecular complexity index is 728. The Balaban J connectivity index is 4.06. The number of ether oxygens (including phenoxy) is 2. The number of phosphoric ester groups is 1. The lowest BCUT2D eigenvalue weighted by Gasteiger charge is -2.18. The highest BCUT2D eigenvalue weighted by Crippen LogP contribution is 2.35. The van der Waals surface area contributed by atoms with E-state index in [2.05, 4.69) is 29.7 Å². The highest BCUT2D eigenvalue weighted by molar-refractivity contribution is 7.46. The van der Waals surface area contributed by atoms with Crippen molar-refractivity contribution in [1.82, 2.24) is 0 Å². The van der Waals surface area contributed by atoms with Crippen LogP contribution >= 0.6 is 7.82 Å². The Morgan fingerprint density at radius 3 is 2.14 bits per heavy atom. The first-order chi connectivity index (χ1) is 17.0. The smallest absolute Gasteiger partial charge is 0.462 e. The maximum Gasteiger partial charge on any atom is 0.469 e. The molecule has 0 saturated carbocycles. The molecule has 11 heteroatoms. The van der Waals surface area contributed by atoms with Gasteiger partial charge in [-0.05, 0) is 44.9 Å². The van der Waals surface area contributed by atoms with Gasteiger partial charge in [-0.2, -0.15) is 0 Å². The number of carbonyl (C=O) groups is 2. The summed E-state index contributed by atoms with van der Waals surface area (Å²) < 4.78 is 24.8. The van der Waals surface area contributed by atoms with Crippen LogP contribution in [-0.2, 0) is 28.2 Å². The first-order valence-corrected chi connectivity index (χ1v) is 13.9. The van der Waals surface area contributed by atoms with Crippen molar-refractivity contribution in [2.75, 3.05) is 13.2 Å². The summed E-state index contributed by atoms with van der Waals surface area (Å²) in [6.45, 7) is 2.22. The summed E-state index contributed by atoms with van der Waals surface area (Å²) in [6.07, 6.45) is 16.3. The number of aliphatic hydroxyl groups excluding tert-OH is 2. The van der Waals surface area contributed by atoms with Crippen LogP contribution in [0.15, 0.2) is 36.5 Å². The number of rotatable bonds is 21. The van der Waals surface area contributed by atoms with Crippen LogP contribution in [0.5, 0.6) is 0 Å². The molecule has 0 aromatic rings. The molecule has 0 aliphatic rings. The molecule has 3 atom stereocenters. The number of allylic oxidation sites excluding steroid dienone is 5. The largest absolute Gasteiger partial charge is 0.469 e. The summed E-state index contributed by atoms with van der Waals surface area (Å²) in [6, 6.07) is 0. The van der Waals surface area contributed by atoms with E-state index in [0.717, 1.165) is 26.2 Å². The number of aliphatic hydroxyl groups is 2. The minimum absolute atomic E-state index is 0.0520. The van der Waals surface area contributed by atoms with Gasteiger partial charge < -0.3 is 29.5 Å². The van der Waals surface area contributed by atoms with Gasteiger partial charge in [-0.25, -0.2) is 4.57 Å². The first kappa shape index (κ1) is 34.2.